The number of allylic oxidation sites excluding steroid dienone is 19. The van der Waals surface area contributed by atoms with Gasteiger partial charge in [0.05, 0.1) is 33.8 Å². The van der Waals surface area contributed by atoms with Gasteiger partial charge in [0.15, 0.2) is 0 Å². The second-order valence-corrected chi connectivity index (χ2v) is 26.8. The fourth-order valence-electron chi connectivity index (χ4n) is 10.1. The summed E-state index contributed by atoms with van der Waals surface area (Å²) in [6, 6.07) is -0.903. The van der Waals surface area contributed by atoms with Crippen molar-refractivity contribution in [2.24, 2.45) is 0 Å². The van der Waals surface area contributed by atoms with E-state index in [-0.39, 0.29) is 24.9 Å². The van der Waals surface area contributed by atoms with E-state index in [4.69, 9.17) is 13.8 Å². The molecule has 0 bridgehead atoms. The van der Waals surface area contributed by atoms with Gasteiger partial charge in [-0.2, -0.15) is 0 Å². The van der Waals surface area contributed by atoms with Gasteiger partial charge in [0.1, 0.15) is 19.3 Å². The molecule has 9 nitrogen and oxygen atoms in total. The van der Waals surface area contributed by atoms with Crippen LogP contribution in [0.4, 0.5) is 0 Å². The summed E-state index contributed by atoms with van der Waals surface area (Å²) in [5.74, 6) is -0.555. The van der Waals surface area contributed by atoms with Crippen LogP contribution in [0.15, 0.2) is 122 Å². The minimum atomic E-state index is -4.72. The molecule has 10 heteroatoms. The number of hydrogen-bond acceptors (Lipinski definition) is 7. The van der Waals surface area contributed by atoms with E-state index in [1.54, 1.807) is 0 Å². The van der Waals surface area contributed by atoms with Crippen molar-refractivity contribution in [3.05, 3.63) is 122 Å². The Balaban J connectivity index is 5.09. The van der Waals surface area contributed by atoms with E-state index in [2.05, 4.69) is 135 Å². The molecule has 3 atom stereocenters. The van der Waals surface area contributed by atoms with Gasteiger partial charge in [-0.05, 0) is 122 Å². The highest BCUT2D eigenvalue weighted by Gasteiger charge is 2.27. The average Bonchev–Trinajstić information content (AvgIpc) is 3.61. The van der Waals surface area contributed by atoms with Gasteiger partial charge in [-0.15, -0.1) is 0 Å². The van der Waals surface area contributed by atoms with Crippen molar-refractivity contribution in [3.63, 3.8) is 0 Å². The monoisotopic (exact) mass is 1250 g/mol. The van der Waals surface area contributed by atoms with Crippen molar-refractivity contribution in [2.75, 3.05) is 40.9 Å². The number of carbonyl (C=O) groups excluding carboxylic acids is 2. The van der Waals surface area contributed by atoms with E-state index in [0.717, 1.165) is 128 Å². The topological polar surface area (TPSA) is 114 Å². The maximum Gasteiger partial charge on any atom is 0.306 e. The first kappa shape index (κ1) is 84.4. The molecule has 88 heavy (non-hydrogen) atoms. The number of quaternary nitrogens is 1. The molecule has 0 aromatic rings. The number of likely N-dealkylation sites (N-methyl/N-ethyl adjacent to an activating group) is 1. The molecule has 0 saturated heterocycles. The van der Waals surface area contributed by atoms with Gasteiger partial charge in [0, 0.05) is 12.8 Å². The molecule has 0 aliphatic rings. The maximum absolute atomic E-state index is 13.6. The highest BCUT2D eigenvalue weighted by Crippen LogP contribution is 2.38. The van der Waals surface area contributed by atoms with Crippen molar-refractivity contribution in [1.29, 1.82) is 0 Å². The van der Waals surface area contributed by atoms with Crippen LogP contribution < -0.4 is 10.2 Å². The summed E-state index contributed by atoms with van der Waals surface area (Å²) in [6.45, 7) is 6.71. The Morgan fingerprint density at radius 2 is 0.727 bits per heavy atom. The Bertz CT molecular complexity index is 1920. The molecule has 0 aromatic heterocycles. The first-order chi connectivity index (χ1) is 42.9. The second-order valence-electron chi connectivity index (χ2n) is 25.4. The van der Waals surface area contributed by atoms with Crippen LogP contribution in [0.3, 0.4) is 0 Å². The summed E-state index contributed by atoms with van der Waals surface area (Å²) in [4.78, 5) is 40.2. The van der Waals surface area contributed by atoms with E-state index in [0.29, 0.717) is 23.9 Å². The van der Waals surface area contributed by atoms with Crippen molar-refractivity contribution in [1.82, 2.24) is 5.32 Å². The number of hydrogen-bond donors (Lipinski definition) is 1. The zero-order valence-electron chi connectivity index (χ0n) is 57.9. The predicted molar refractivity (Wildman–Crippen MR) is 380 cm³/mol. The van der Waals surface area contributed by atoms with Crippen LogP contribution in [0.5, 0.6) is 0 Å². The maximum atomic E-state index is 13.6. The first-order valence-electron chi connectivity index (χ1n) is 36.3. The molecule has 506 valence electrons. The number of nitrogens with zero attached hydrogens (tertiary/aromatic N) is 1. The van der Waals surface area contributed by atoms with E-state index in [1.165, 1.54) is 141 Å². The molecule has 0 spiro atoms. The van der Waals surface area contributed by atoms with Gasteiger partial charge >= 0.3 is 5.97 Å². The third kappa shape index (κ3) is 66.8. The fraction of sp³-hybridized carbons (Fsp3) is 0.718. The molecular formula is C78H137N2O7P. The molecular weight excluding hydrogens is 1110 g/mol. The second kappa shape index (κ2) is 66.3. The van der Waals surface area contributed by atoms with Gasteiger partial charge in [0.2, 0.25) is 5.91 Å². The zero-order chi connectivity index (χ0) is 64.2. The number of esters is 1. The number of nitrogens with one attached hydrogen (secondary N) is 1. The number of ether oxygens (including phenoxy) is 1. The SMILES string of the molecule is CC/C=C\C/C=C\C/C=C\C/C=C\C/C=C\C/C=C\CCCCCCCCCCC(=O)OC(/C=C/CCCCCCCCCCCC)C(COP(=O)([O-])OCC[N+](C)(C)C)NC(=O)CCCCCCCCCCCC/C=C\C/C=C\C/C=C\CCCCC. The molecule has 1 N–H and O–H groups in total. The summed E-state index contributed by atoms with van der Waals surface area (Å²) in [6.07, 6.45) is 93.2. The predicted octanol–water partition coefficient (Wildman–Crippen LogP) is 22.8. The quantitative estimate of drug-likeness (QED) is 0.0212. The molecule has 0 fully saturated rings. The van der Waals surface area contributed by atoms with E-state index >= 15 is 0 Å². The van der Waals surface area contributed by atoms with Gasteiger partial charge in [-0.3, -0.25) is 14.2 Å². The summed E-state index contributed by atoms with van der Waals surface area (Å²) in [5.41, 5.74) is 0. The number of amides is 1. The van der Waals surface area contributed by atoms with Crippen LogP contribution in [0.25, 0.3) is 0 Å². The molecule has 1 amide bonds. The zero-order valence-corrected chi connectivity index (χ0v) is 58.8. The molecule has 0 rings (SSSR count). The number of phosphoric ester groups is 1. The molecule has 0 radical (unpaired) electrons. The lowest BCUT2D eigenvalue weighted by Gasteiger charge is -2.30. The van der Waals surface area contributed by atoms with Crippen LogP contribution in [0.2, 0.25) is 0 Å². The lowest BCUT2D eigenvalue weighted by molar-refractivity contribution is -0.870. The normalized spacial score (nSPS) is 14.2. The largest absolute Gasteiger partial charge is 0.756 e. The van der Waals surface area contributed by atoms with Crippen molar-refractivity contribution >= 4 is 19.7 Å². The van der Waals surface area contributed by atoms with Gasteiger partial charge in [-0.1, -0.05) is 297 Å². The van der Waals surface area contributed by atoms with Crippen molar-refractivity contribution < 1.29 is 37.3 Å². The fourth-order valence-corrected chi connectivity index (χ4v) is 10.8. The van der Waals surface area contributed by atoms with Crippen molar-refractivity contribution in [3.8, 4) is 0 Å². The van der Waals surface area contributed by atoms with Crippen molar-refractivity contribution in [2.45, 2.75) is 322 Å². The standard InChI is InChI=1S/C78H137N2O7P/c1-7-10-13-16-19-22-25-28-30-32-34-36-38-39-40-41-43-45-47-49-51-53-56-59-62-65-68-71-78(82)87-76(69-66-63-60-57-54-27-24-21-18-15-12-9-3)75(74-86-88(83,84)85-73-72-80(4,5)6)79-77(81)70-67-64-61-58-55-52-50-48-46-44-42-37-35-33-31-29-26-23-20-17-14-11-8-2/h10,13,19-20,22-23,28-31,34-37,39-40,43,45,66,69,75-76H,7-9,11-12,14-18,21,24-27,32-33,38,41-42,44,46-65,67-68,70-74H2,1-6H3,(H-,79,81,83,84)/b13-10-,22-19-,23-20-,30-28-,31-29-,36-34-,37-35-,40-39-,45-43-,69-66+. The summed E-state index contributed by atoms with van der Waals surface area (Å²) >= 11 is 0. The smallest absolute Gasteiger partial charge is 0.306 e. The van der Waals surface area contributed by atoms with E-state index in [1.807, 2.05) is 33.3 Å². The Morgan fingerprint density at radius 1 is 0.409 bits per heavy atom. The number of unbranched alkanes of at least 4 members (excludes halogenated alkanes) is 31. The molecule has 0 aromatic carbocycles. The molecule has 3 unspecified atom stereocenters. The minimum Gasteiger partial charge on any atom is -0.756 e. The van der Waals surface area contributed by atoms with E-state index < -0.39 is 26.6 Å². The first-order valence-corrected chi connectivity index (χ1v) is 37.8. The van der Waals surface area contributed by atoms with Crippen LogP contribution in [0, 0.1) is 0 Å². The Kier molecular flexibility index (Phi) is 63.6. The Hall–Kier alpha value is -3.59. The van der Waals surface area contributed by atoms with Crippen LogP contribution >= 0.6 is 7.82 Å². The average molecular weight is 1250 g/mol. The van der Waals surface area contributed by atoms with Crippen LogP contribution in [0.1, 0.15) is 310 Å². The summed E-state index contributed by atoms with van der Waals surface area (Å²) in [5, 5.41) is 3.04. The van der Waals surface area contributed by atoms with Gasteiger partial charge < -0.3 is 28.5 Å². The Morgan fingerprint density at radius 3 is 1.11 bits per heavy atom. The number of carbonyl (C=O) groups is 2. The molecule has 0 heterocycles. The number of phosphoric acid groups is 1. The van der Waals surface area contributed by atoms with E-state index in [9.17, 15) is 19.0 Å². The highest BCUT2D eigenvalue weighted by molar-refractivity contribution is 7.45. The minimum absolute atomic E-state index is 0.0299. The molecule has 0 saturated carbocycles. The lowest BCUT2D eigenvalue weighted by Crippen LogP contribution is -2.47. The summed E-state index contributed by atoms with van der Waals surface area (Å²) in [7, 11) is 1.17. The van der Waals surface area contributed by atoms with Crippen LogP contribution in [-0.2, 0) is 27.9 Å². The number of rotatable bonds is 65. The summed E-state index contributed by atoms with van der Waals surface area (Å²) < 4.78 is 30.5. The molecule has 0 aliphatic carbocycles. The third-order valence-electron chi connectivity index (χ3n) is 15.6. The van der Waals surface area contributed by atoms with Gasteiger partial charge in [-0.25, -0.2) is 0 Å². The third-order valence-corrected chi connectivity index (χ3v) is 16.6. The van der Waals surface area contributed by atoms with Crippen LogP contribution in [-0.4, -0.2) is 69.4 Å². The molecule has 0 aliphatic heterocycles. The lowest BCUT2D eigenvalue weighted by atomic mass is 10.0. The van der Waals surface area contributed by atoms with Gasteiger partial charge in [0.25, 0.3) is 7.82 Å². The Labute approximate surface area is 543 Å². The highest BCUT2D eigenvalue weighted by atomic mass is 31.2.